The average Bonchev–Trinajstić information content (AvgIpc) is 1.87. The quantitative estimate of drug-likeness (QED) is 0.495. The molecule has 0 aliphatic heterocycles. The summed E-state index contributed by atoms with van der Waals surface area (Å²) in [5.41, 5.74) is 4.79. The van der Waals surface area contributed by atoms with E-state index in [1.54, 1.807) is 0 Å². The summed E-state index contributed by atoms with van der Waals surface area (Å²) in [7, 11) is 0. The Balaban J connectivity index is 3.70. The van der Waals surface area contributed by atoms with Crippen molar-refractivity contribution in [2.24, 2.45) is 5.73 Å². The number of rotatable bonds is 5. The number of primary amides is 1. The first kappa shape index (κ1) is 10.2. The molecule has 1 amide bonds. The summed E-state index contributed by atoms with van der Waals surface area (Å²) >= 11 is 5.06. The van der Waals surface area contributed by atoms with Gasteiger partial charge in [-0.05, 0) is 18.2 Å². The van der Waals surface area contributed by atoms with Crippen LogP contribution in [0.3, 0.4) is 0 Å². The monoisotopic (exact) mass is 180 g/mol. The Hall–Kier alpha value is -0.810. The number of halogens is 1. The predicted molar refractivity (Wildman–Crippen MR) is 38.8 cm³/mol. The zero-order valence-electron chi connectivity index (χ0n) is 5.71. The predicted octanol–water partition coefficient (Wildman–Crippen LogP) is -0.552. The maximum atomic E-state index is 10.2. The number of amides is 1. The molecule has 0 aromatic rings. The lowest BCUT2D eigenvalue weighted by Crippen LogP contribution is -2.31. The van der Waals surface area contributed by atoms with E-state index in [2.05, 4.69) is 0 Å². The molecule has 0 bridgehead atoms. The Labute approximate surface area is 68.6 Å². The highest BCUT2D eigenvalue weighted by molar-refractivity contribution is 6.14. The van der Waals surface area contributed by atoms with Crippen molar-refractivity contribution in [2.75, 3.05) is 0 Å². The van der Waals surface area contributed by atoms with Gasteiger partial charge in [-0.15, -0.1) is 0 Å². The Kier molecular flexibility index (Phi) is 4.56. The third-order valence-electron chi connectivity index (χ3n) is 1.11. The van der Waals surface area contributed by atoms with Crippen LogP contribution in [-0.2, 0) is 9.59 Å². The van der Waals surface area contributed by atoms with Crippen molar-refractivity contribution in [3.8, 4) is 0 Å². The molecule has 64 valence electrons. The van der Waals surface area contributed by atoms with Crippen LogP contribution in [-0.4, -0.2) is 23.0 Å². The van der Waals surface area contributed by atoms with Gasteiger partial charge in [-0.1, -0.05) is 0 Å². The lowest BCUT2D eigenvalue weighted by molar-refractivity contribution is -0.139. The maximum Gasteiger partial charge on any atom is 0.321 e. The molecule has 0 aliphatic carbocycles. The van der Waals surface area contributed by atoms with Gasteiger partial charge in [0.25, 0.3) is 0 Å². The normalized spacial score (nSPS) is 12.5. The minimum Gasteiger partial charge on any atom is -0.480 e. The number of carbonyl (C=O) groups is 2. The lowest BCUT2D eigenvalue weighted by atomic mass is 10.2. The number of carboxylic acid groups (broad SMARTS) is 1. The molecule has 4 N–H and O–H groups in total. The van der Waals surface area contributed by atoms with Crippen molar-refractivity contribution in [1.29, 1.82) is 0 Å². The molecule has 0 unspecified atom stereocenters. The van der Waals surface area contributed by atoms with Crippen LogP contribution in [0.15, 0.2) is 0 Å². The first-order chi connectivity index (χ1) is 5.07. The number of aliphatic carboxylic acids is 1. The molecule has 0 saturated heterocycles. The summed E-state index contributed by atoms with van der Waals surface area (Å²) in [5.74, 6) is -1.63. The molecule has 0 aromatic heterocycles. The highest BCUT2D eigenvalue weighted by atomic mass is 35.5. The minimum absolute atomic E-state index is 0.0106. The van der Waals surface area contributed by atoms with E-state index in [0.717, 1.165) is 0 Å². The van der Waals surface area contributed by atoms with E-state index < -0.39 is 17.9 Å². The zero-order valence-corrected chi connectivity index (χ0v) is 6.47. The van der Waals surface area contributed by atoms with Gasteiger partial charge in [0.1, 0.15) is 6.04 Å². The first-order valence-electron chi connectivity index (χ1n) is 2.95. The van der Waals surface area contributed by atoms with Crippen molar-refractivity contribution in [3.05, 3.63) is 0 Å². The van der Waals surface area contributed by atoms with Gasteiger partial charge in [-0.2, -0.15) is 0 Å². The van der Waals surface area contributed by atoms with Crippen LogP contribution in [0.4, 0.5) is 0 Å². The molecule has 1 atom stereocenters. The number of hydrogen-bond acceptors (Lipinski definition) is 3. The molecular formula is C5H9ClN2O3. The van der Waals surface area contributed by atoms with E-state index in [1.807, 2.05) is 4.84 Å². The van der Waals surface area contributed by atoms with Gasteiger partial charge >= 0.3 is 5.97 Å². The van der Waals surface area contributed by atoms with E-state index in [9.17, 15) is 9.59 Å². The number of carboxylic acids is 1. The maximum absolute atomic E-state index is 10.2. The summed E-state index contributed by atoms with van der Waals surface area (Å²) in [6.07, 6.45) is 0.116. The fourth-order valence-corrected chi connectivity index (χ4v) is 0.714. The number of nitrogens with one attached hydrogen (secondary N) is 1. The lowest BCUT2D eigenvalue weighted by Gasteiger charge is -2.06. The minimum atomic E-state index is -1.10. The molecule has 6 heteroatoms. The fraction of sp³-hybridized carbons (Fsp3) is 0.600. The van der Waals surface area contributed by atoms with Crippen molar-refractivity contribution in [2.45, 2.75) is 18.9 Å². The summed E-state index contributed by atoms with van der Waals surface area (Å²) in [5, 5.41) is 8.39. The topological polar surface area (TPSA) is 92.4 Å². The van der Waals surface area contributed by atoms with Gasteiger partial charge < -0.3 is 10.8 Å². The van der Waals surface area contributed by atoms with Crippen molar-refractivity contribution < 1.29 is 14.7 Å². The molecule has 0 radical (unpaired) electrons. The molecule has 5 nitrogen and oxygen atoms in total. The van der Waals surface area contributed by atoms with E-state index in [0.29, 0.717) is 0 Å². The second-order valence-corrected chi connectivity index (χ2v) is 2.22. The molecule has 0 aliphatic rings. The summed E-state index contributed by atoms with van der Waals surface area (Å²) in [6, 6.07) is -0.913. The number of carbonyl (C=O) groups excluding carboxylic acids is 1. The SMILES string of the molecule is NC(=O)CC[C@H](NCl)C(=O)O. The van der Waals surface area contributed by atoms with Crippen molar-refractivity contribution >= 4 is 23.7 Å². The van der Waals surface area contributed by atoms with Crippen LogP contribution in [0.25, 0.3) is 0 Å². The van der Waals surface area contributed by atoms with Crippen LogP contribution in [0.2, 0.25) is 0 Å². The van der Waals surface area contributed by atoms with Crippen LogP contribution in [0.5, 0.6) is 0 Å². The van der Waals surface area contributed by atoms with Gasteiger partial charge in [0.2, 0.25) is 5.91 Å². The molecule has 0 rings (SSSR count). The van der Waals surface area contributed by atoms with Crippen molar-refractivity contribution in [3.63, 3.8) is 0 Å². The van der Waals surface area contributed by atoms with Gasteiger partial charge in [0, 0.05) is 6.42 Å². The second kappa shape index (κ2) is 4.92. The van der Waals surface area contributed by atoms with E-state index in [4.69, 9.17) is 22.6 Å². The first-order valence-corrected chi connectivity index (χ1v) is 3.33. The van der Waals surface area contributed by atoms with Crippen LogP contribution in [0.1, 0.15) is 12.8 Å². The largest absolute Gasteiger partial charge is 0.480 e. The van der Waals surface area contributed by atoms with E-state index in [1.165, 1.54) is 0 Å². The van der Waals surface area contributed by atoms with Gasteiger partial charge in [-0.3, -0.25) is 9.59 Å². The highest BCUT2D eigenvalue weighted by Crippen LogP contribution is 1.97. The molecule has 0 spiro atoms. The fourth-order valence-electron chi connectivity index (χ4n) is 0.511. The van der Waals surface area contributed by atoms with Crippen molar-refractivity contribution in [1.82, 2.24) is 4.84 Å². The number of nitrogens with two attached hydrogens (primary N) is 1. The van der Waals surface area contributed by atoms with Gasteiger partial charge in [0.15, 0.2) is 0 Å². The molecule has 11 heavy (non-hydrogen) atoms. The van der Waals surface area contributed by atoms with Crippen LogP contribution >= 0.6 is 11.8 Å². The molecule has 0 aromatic carbocycles. The standard InChI is InChI=1S/C5H9ClN2O3/c6-8-3(5(10)11)1-2-4(7)9/h3,8H,1-2H2,(H2,7,9)(H,10,11)/t3-/m0/s1. The Morgan fingerprint density at radius 2 is 2.18 bits per heavy atom. The van der Waals surface area contributed by atoms with Crippen LogP contribution in [0, 0.1) is 0 Å². The van der Waals surface area contributed by atoms with Gasteiger partial charge in [-0.25, -0.2) is 4.84 Å². The van der Waals surface area contributed by atoms with E-state index >= 15 is 0 Å². The Morgan fingerprint density at radius 3 is 2.45 bits per heavy atom. The number of hydrogen-bond donors (Lipinski definition) is 3. The highest BCUT2D eigenvalue weighted by Gasteiger charge is 2.15. The third-order valence-corrected chi connectivity index (χ3v) is 1.37. The third kappa shape index (κ3) is 4.58. The summed E-state index contributed by atoms with van der Waals surface area (Å²) < 4.78 is 0. The molecule has 0 fully saturated rings. The Morgan fingerprint density at radius 1 is 1.64 bits per heavy atom. The van der Waals surface area contributed by atoms with Gasteiger partial charge in [0.05, 0.1) is 0 Å². The summed E-state index contributed by atoms with van der Waals surface area (Å²) in [6.45, 7) is 0. The Bertz CT molecular complexity index is 162. The van der Waals surface area contributed by atoms with E-state index in [-0.39, 0.29) is 12.8 Å². The molecular weight excluding hydrogens is 172 g/mol. The van der Waals surface area contributed by atoms with Crippen LogP contribution < -0.4 is 10.6 Å². The zero-order chi connectivity index (χ0) is 8.85. The second-order valence-electron chi connectivity index (χ2n) is 2.00. The smallest absolute Gasteiger partial charge is 0.321 e. The molecule has 0 heterocycles. The average molecular weight is 181 g/mol. The molecule has 0 saturated carbocycles. The summed E-state index contributed by atoms with van der Waals surface area (Å²) in [4.78, 5) is 22.5.